The number of likely N-dealkylation sites (tertiary alicyclic amines) is 1. The molecule has 1 N–H and O–H groups in total. The highest BCUT2D eigenvalue weighted by molar-refractivity contribution is 7.92. The van der Waals surface area contributed by atoms with E-state index in [1.807, 2.05) is 44.2 Å². The molecule has 1 amide bonds. The van der Waals surface area contributed by atoms with Gasteiger partial charge in [0.05, 0.1) is 10.6 Å². The molecule has 3 aromatic carbocycles. The Bertz CT molecular complexity index is 1300. The average Bonchev–Trinajstić information content (AvgIpc) is 2.88. The van der Waals surface area contributed by atoms with Gasteiger partial charge in [-0.2, -0.15) is 5.10 Å². The lowest BCUT2D eigenvalue weighted by Crippen LogP contribution is -2.40. The summed E-state index contributed by atoms with van der Waals surface area (Å²) in [5, 5.41) is 4.32. The summed E-state index contributed by atoms with van der Waals surface area (Å²) in [7, 11) is -3.94. The number of aryl methyl sites for hydroxylation is 2. The number of nitrogens with one attached hydrogen (secondary N) is 1. The summed E-state index contributed by atoms with van der Waals surface area (Å²) in [5.41, 5.74) is 7.16. The maximum atomic E-state index is 13.5. The zero-order chi connectivity index (χ0) is 25.5. The number of carbonyl (C=O) groups is 1. The second-order valence-corrected chi connectivity index (χ2v) is 11.0. The number of nitrogens with zero attached hydrogens (tertiary/aromatic N) is 3. The zero-order valence-corrected chi connectivity index (χ0v) is 21.5. The minimum absolute atomic E-state index is 0.138. The second kappa shape index (κ2) is 11.5. The summed E-state index contributed by atoms with van der Waals surface area (Å²) < 4.78 is 28.1. The van der Waals surface area contributed by atoms with Crippen molar-refractivity contribution in [2.24, 2.45) is 5.10 Å². The van der Waals surface area contributed by atoms with E-state index in [2.05, 4.69) is 27.6 Å². The van der Waals surface area contributed by atoms with Crippen LogP contribution in [0.5, 0.6) is 0 Å². The Kier molecular flexibility index (Phi) is 8.18. The second-order valence-electron chi connectivity index (χ2n) is 9.14. The van der Waals surface area contributed by atoms with Gasteiger partial charge in [-0.25, -0.2) is 13.8 Å². The van der Waals surface area contributed by atoms with Crippen molar-refractivity contribution in [2.75, 3.05) is 23.9 Å². The highest BCUT2D eigenvalue weighted by Gasteiger charge is 2.27. The van der Waals surface area contributed by atoms with E-state index < -0.39 is 15.9 Å². The van der Waals surface area contributed by atoms with Crippen LogP contribution in [-0.4, -0.2) is 44.6 Å². The molecular weight excluding hydrogens is 472 g/mol. The first kappa shape index (κ1) is 25.6. The highest BCUT2D eigenvalue weighted by atomic mass is 32.2. The molecule has 1 saturated heterocycles. The third kappa shape index (κ3) is 6.59. The third-order valence-corrected chi connectivity index (χ3v) is 8.03. The van der Waals surface area contributed by atoms with Gasteiger partial charge >= 0.3 is 0 Å². The summed E-state index contributed by atoms with van der Waals surface area (Å²) in [6, 6.07) is 24.0. The number of piperidine rings is 1. The fourth-order valence-electron chi connectivity index (χ4n) is 4.09. The molecule has 4 rings (SSSR count). The van der Waals surface area contributed by atoms with E-state index >= 15 is 0 Å². The Hall–Kier alpha value is -3.49. The SMILES string of the molecule is Cc1ccc(N(CC(=O)NN=C2CCN(Cc3ccccc3)CC2)S(=O)(=O)c2ccc(C)cc2)cc1. The Morgan fingerprint density at radius 3 is 2.08 bits per heavy atom. The first-order valence-corrected chi connectivity index (χ1v) is 13.5. The van der Waals surface area contributed by atoms with E-state index in [0.29, 0.717) is 5.69 Å². The van der Waals surface area contributed by atoms with Gasteiger partial charge in [0.1, 0.15) is 6.54 Å². The monoisotopic (exact) mass is 504 g/mol. The molecule has 0 radical (unpaired) electrons. The minimum Gasteiger partial charge on any atom is -0.298 e. The van der Waals surface area contributed by atoms with Crippen molar-refractivity contribution < 1.29 is 13.2 Å². The molecule has 1 heterocycles. The van der Waals surface area contributed by atoms with Crippen LogP contribution in [0.1, 0.15) is 29.5 Å². The molecule has 0 aliphatic carbocycles. The lowest BCUT2D eigenvalue weighted by Gasteiger charge is -2.27. The van der Waals surface area contributed by atoms with Crippen LogP contribution in [-0.2, 0) is 21.4 Å². The highest BCUT2D eigenvalue weighted by Crippen LogP contribution is 2.24. The van der Waals surface area contributed by atoms with Crippen LogP contribution in [0.25, 0.3) is 0 Å². The van der Waals surface area contributed by atoms with Crippen LogP contribution in [0.2, 0.25) is 0 Å². The van der Waals surface area contributed by atoms with E-state index in [1.54, 1.807) is 36.4 Å². The minimum atomic E-state index is -3.94. The number of benzene rings is 3. The predicted molar refractivity (Wildman–Crippen MR) is 143 cm³/mol. The predicted octanol–water partition coefficient (Wildman–Crippen LogP) is 4.27. The number of hydrogen-bond acceptors (Lipinski definition) is 5. The van der Waals surface area contributed by atoms with Gasteiger partial charge in [0.15, 0.2) is 0 Å². The van der Waals surface area contributed by atoms with Gasteiger partial charge in [0, 0.05) is 38.2 Å². The maximum absolute atomic E-state index is 13.5. The lowest BCUT2D eigenvalue weighted by molar-refractivity contribution is -0.119. The fourth-order valence-corrected chi connectivity index (χ4v) is 5.51. The number of rotatable bonds is 8. The summed E-state index contributed by atoms with van der Waals surface area (Å²) in [4.78, 5) is 15.3. The Labute approximate surface area is 213 Å². The van der Waals surface area contributed by atoms with Crippen LogP contribution in [0.15, 0.2) is 88.9 Å². The van der Waals surface area contributed by atoms with E-state index in [4.69, 9.17) is 0 Å². The summed E-state index contributed by atoms with van der Waals surface area (Å²) in [6.07, 6.45) is 1.52. The average molecular weight is 505 g/mol. The number of anilines is 1. The molecule has 0 saturated carbocycles. The molecule has 188 valence electrons. The number of amides is 1. The quantitative estimate of drug-likeness (QED) is 0.465. The van der Waals surface area contributed by atoms with Gasteiger partial charge < -0.3 is 0 Å². The van der Waals surface area contributed by atoms with Crippen LogP contribution < -0.4 is 9.73 Å². The van der Waals surface area contributed by atoms with E-state index in [-0.39, 0.29) is 11.4 Å². The van der Waals surface area contributed by atoms with E-state index in [1.165, 1.54) is 5.56 Å². The largest absolute Gasteiger partial charge is 0.298 e. The van der Waals surface area contributed by atoms with Gasteiger partial charge in [-0.1, -0.05) is 65.7 Å². The Balaban J connectivity index is 1.41. The van der Waals surface area contributed by atoms with Gasteiger partial charge in [-0.05, 0) is 43.7 Å². The molecule has 8 heteroatoms. The van der Waals surface area contributed by atoms with Crippen molar-refractivity contribution in [1.82, 2.24) is 10.3 Å². The fraction of sp³-hybridized carbons (Fsp3) is 0.286. The van der Waals surface area contributed by atoms with Gasteiger partial charge in [-0.3, -0.25) is 14.0 Å². The smallest absolute Gasteiger partial charge is 0.264 e. The van der Waals surface area contributed by atoms with Crippen LogP contribution in [0.3, 0.4) is 0 Å². The van der Waals surface area contributed by atoms with Crippen molar-refractivity contribution >= 4 is 27.3 Å². The van der Waals surface area contributed by atoms with Crippen molar-refractivity contribution in [3.63, 3.8) is 0 Å². The molecule has 1 fully saturated rings. The van der Waals surface area contributed by atoms with Crippen LogP contribution in [0, 0.1) is 13.8 Å². The van der Waals surface area contributed by atoms with Gasteiger partial charge in [-0.15, -0.1) is 0 Å². The number of sulfonamides is 1. The summed E-state index contributed by atoms with van der Waals surface area (Å²) in [6.45, 7) is 6.07. The summed E-state index contributed by atoms with van der Waals surface area (Å²) >= 11 is 0. The van der Waals surface area contributed by atoms with E-state index in [0.717, 1.165) is 53.6 Å². The normalized spacial score (nSPS) is 14.3. The maximum Gasteiger partial charge on any atom is 0.264 e. The van der Waals surface area contributed by atoms with E-state index in [9.17, 15) is 13.2 Å². The zero-order valence-electron chi connectivity index (χ0n) is 20.7. The first-order valence-electron chi connectivity index (χ1n) is 12.1. The first-order chi connectivity index (χ1) is 17.3. The van der Waals surface area contributed by atoms with Crippen LogP contribution in [0.4, 0.5) is 5.69 Å². The number of hydrazone groups is 1. The van der Waals surface area contributed by atoms with Crippen molar-refractivity contribution in [3.8, 4) is 0 Å². The standard InChI is InChI=1S/C28H32N4O3S/c1-22-8-12-26(13-9-22)32(36(34,35)27-14-10-23(2)11-15-27)21-28(33)30-29-25-16-18-31(19-17-25)20-24-6-4-3-5-7-24/h3-15H,16-21H2,1-2H3,(H,30,33). The van der Waals surface area contributed by atoms with Crippen molar-refractivity contribution in [3.05, 3.63) is 95.6 Å². The molecule has 1 aliphatic heterocycles. The van der Waals surface area contributed by atoms with Crippen molar-refractivity contribution in [2.45, 2.75) is 38.1 Å². The Morgan fingerprint density at radius 1 is 0.889 bits per heavy atom. The molecule has 0 atom stereocenters. The van der Waals surface area contributed by atoms with Crippen molar-refractivity contribution in [1.29, 1.82) is 0 Å². The topological polar surface area (TPSA) is 82.1 Å². The Morgan fingerprint density at radius 2 is 1.47 bits per heavy atom. The molecule has 3 aromatic rings. The molecule has 7 nitrogen and oxygen atoms in total. The van der Waals surface area contributed by atoms with Gasteiger partial charge in [0.2, 0.25) is 0 Å². The van der Waals surface area contributed by atoms with Crippen LogP contribution >= 0.6 is 0 Å². The molecule has 0 aromatic heterocycles. The molecule has 36 heavy (non-hydrogen) atoms. The lowest BCUT2D eigenvalue weighted by atomic mass is 10.1. The molecule has 0 bridgehead atoms. The third-order valence-electron chi connectivity index (χ3n) is 6.24. The number of carbonyl (C=O) groups excluding carboxylic acids is 1. The van der Waals surface area contributed by atoms with Gasteiger partial charge in [0.25, 0.3) is 15.9 Å². The number of hydrogen-bond donors (Lipinski definition) is 1. The summed E-state index contributed by atoms with van der Waals surface area (Å²) in [5.74, 6) is -0.481. The molecule has 0 unspecified atom stereocenters. The molecule has 1 aliphatic rings. The molecular formula is C28H32N4O3S. The molecule has 0 spiro atoms.